The minimum absolute atomic E-state index is 0. The Hall–Kier alpha value is -0.580. The van der Waals surface area contributed by atoms with E-state index < -0.39 is 0 Å². The van der Waals surface area contributed by atoms with E-state index in [-0.39, 0.29) is 12.4 Å². The van der Waals surface area contributed by atoms with Crippen molar-refractivity contribution < 1.29 is 0 Å². The first-order chi connectivity index (χ1) is 6.77. The van der Waals surface area contributed by atoms with Gasteiger partial charge in [0.2, 0.25) is 0 Å². The smallest absolute Gasteiger partial charge is 0.0521 e. The molecule has 1 aromatic rings. The summed E-state index contributed by atoms with van der Waals surface area (Å²) in [7, 11) is 2.00. The Morgan fingerprint density at radius 3 is 3.00 bits per heavy atom. The molecule has 5 heteroatoms. The Balaban J connectivity index is 0.00000112. The molecule has 15 heavy (non-hydrogen) atoms. The highest BCUT2D eigenvalue weighted by Crippen LogP contribution is 2.08. The van der Waals surface area contributed by atoms with E-state index in [1.807, 2.05) is 17.9 Å². The number of hydrogen-bond acceptors (Lipinski definition) is 3. The molecule has 0 amide bonds. The van der Waals surface area contributed by atoms with Gasteiger partial charge in [0.25, 0.3) is 0 Å². The predicted octanol–water partition coefficient (Wildman–Crippen LogP) is 0.636. The third kappa shape index (κ3) is 2.93. The highest BCUT2D eigenvalue weighted by molar-refractivity contribution is 5.85. The second-order valence-corrected chi connectivity index (χ2v) is 3.97. The van der Waals surface area contributed by atoms with Crippen LogP contribution in [0, 0.1) is 0 Å². The predicted molar refractivity (Wildman–Crippen MR) is 63.2 cm³/mol. The van der Waals surface area contributed by atoms with Gasteiger partial charge in [0.1, 0.15) is 0 Å². The molecule has 1 fully saturated rings. The van der Waals surface area contributed by atoms with Crippen molar-refractivity contribution in [2.45, 2.75) is 19.5 Å². The zero-order valence-electron chi connectivity index (χ0n) is 9.31. The normalized spacial score (nSPS) is 22.4. The molecule has 1 aliphatic heterocycles. The fourth-order valence-corrected chi connectivity index (χ4v) is 1.88. The van der Waals surface area contributed by atoms with Gasteiger partial charge >= 0.3 is 0 Å². The van der Waals surface area contributed by atoms with Crippen LogP contribution in [-0.2, 0) is 13.6 Å². The van der Waals surface area contributed by atoms with Gasteiger partial charge < -0.3 is 5.32 Å². The number of aryl methyl sites for hydroxylation is 1. The van der Waals surface area contributed by atoms with Crippen molar-refractivity contribution in [1.82, 2.24) is 20.0 Å². The molecule has 86 valence electrons. The second kappa shape index (κ2) is 5.49. The summed E-state index contributed by atoms with van der Waals surface area (Å²) in [4.78, 5) is 2.49. The standard InChI is InChI=1S/C10H18N4.ClH/c1-9-7-11-5-6-14(9)8-10-3-4-12-13(10)2;/h3-4,9,11H,5-8H2,1-2H3;1H/t9-;/m0./s1. The van der Waals surface area contributed by atoms with Gasteiger partial charge in [-0.2, -0.15) is 5.10 Å². The van der Waals surface area contributed by atoms with Crippen molar-refractivity contribution in [3.05, 3.63) is 18.0 Å². The topological polar surface area (TPSA) is 33.1 Å². The number of hydrogen-bond donors (Lipinski definition) is 1. The fourth-order valence-electron chi connectivity index (χ4n) is 1.88. The van der Waals surface area contributed by atoms with Crippen LogP contribution in [0.3, 0.4) is 0 Å². The molecular weight excluding hydrogens is 212 g/mol. The lowest BCUT2D eigenvalue weighted by Gasteiger charge is -2.33. The second-order valence-electron chi connectivity index (χ2n) is 3.97. The molecule has 4 nitrogen and oxygen atoms in total. The Morgan fingerprint density at radius 1 is 1.60 bits per heavy atom. The van der Waals surface area contributed by atoms with Crippen LogP contribution in [-0.4, -0.2) is 40.4 Å². The molecule has 1 aromatic heterocycles. The molecule has 0 unspecified atom stereocenters. The summed E-state index contributed by atoms with van der Waals surface area (Å²) in [6.45, 7) is 6.61. The van der Waals surface area contributed by atoms with Crippen molar-refractivity contribution in [2.24, 2.45) is 7.05 Å². The number of rotatable bonds is 2. The molecule has 1 saturated heterocycles. The number of piperazine rings is 1. The number of nitrogens with zero attached hydrogens (tertiary/aromatic N) is 3. The van der Waals surface area contributed by atoms with Crippen LogP contribution in [0.5, 0.6) is 0 Å². The average Bonchev–Trinajstić information content (AvgIpc) is 2.56. The molecular formula is C10H19ClN4. The van der Waals surface area contributed by atoms with Crippen LogP contribution in [0.4, 0.5) is 0 Å². The Bertz CT molecular complexity index is 299. The highest BCUT2D eigenvalue weighted by Gasteiger charge is 2.18. The maximum absolute atomic E-state index is 4.18. The summed E-state index contributed by atoms with van der Waals surface area (Å²) in [6, 6.07) is 2.72. The molecule has 0 aromatic carbocycles. The molecule has 0 radical (unpaired) electrons. The van der Waals surface area contributed by atoms with E-state index >= 15 is 0 Å². The van der Waals surface area contributed by atoms with Gasteiger partial charge in [-0.3, -0.25) is 9.58 Å². The zero-order chi connectivity index (χ0) is 9.97. The van der Waals surface area contributed by atoms with E-state index in [1.165, 1.54) is 5.69 Å². The van der Waals surface area contributed by atoms with E-state index in [0.717, 1.165) is 26.2 Å². The lowest BCUT2D eigenvalue weighted by molar-refractivity contribution is 0.162. The van der Waals surface area contributed by atoms with Crippen molar-refractivity contribution in [1.29, 1.82) is 0 Å². The lowest BCUT2D eigenvalue weighted by atomic mass is 10.2. The van der Waals surface area contributed by atoms with Crippen LogP contribution in [0.1, 0.15) is 12.6 Å². The van der Waals surface area contributed by atoms with E-state index in [2.05, 4.69) is 28.3 Å². The monoisotopic (exact) mass is 230 g/mol. The molecule has 1 N–H and O–H groups in total. The quantitative estimate of drug-likeness (QED) is 0.810. The molecule has 2 heterocycles. The van der Waals surface area contributed by atoms with Gasteiger partial charge in [0, 0.05) is 45.5 Å². The molecule has 2 rings (SSSR count). The number of nitrogens with one attached hydrogen (secondary N) is 1. The van der Waals surface area contributed by atoms with Crippen molar-refractivity contribution in [3.8, 4) is 0 Å². The van der Waals surface area contributed by atoms with Gasteiger partial charge in [-0.25, -0.2) is 0 Å². The van der Waals surface area contributed by atoms with Crippen molar-refractivity contribution in [2.75, 3.05) is 19.6 Å². The Kier molecular flexibility index (Phi) is 4.57. The Morgan fingerprint density at radius 2 is 2.40 bits per heavy atom. The summed E-state index contributed by atoms with van der Waals surface area (Å²) in [5.74, 6) is 0. The maximum atomic E-state index is 4.18. The molecule has 1 atom stereocenters. The first-order valence-corrected chi connectivity index (χ1v) is 5.19. The first-order valence-electron chi connectivity index (χ1n) is 5.19. The molecule has 0 saturated carbocycles. The Labute approximate surface area is 97.1 Å². The maximum Gasteiger partial charge on any atom is 0.0521 e. The summed E-state index contributed by atoms with van der Waals surface area (Å²) >= 11 is 0. The van der Waals surface area contributed by atoms with Gasteiger partial charge in [-0.1, -0.05) is 0 Å². The number of aromatic nitrogens is 2. The highest BCUT2D eigenvalue weighted by atomic mass is 35.5. The van der Waals surface area contributed by atoms with Crippen LogP contribution in [0.15, 0.2) is 12.3 Å². The molecule has 0 bridgehead atoms. The SMILES string of the molecule is C[C@H]1CNCCN1Cc1ccnn1C.Cl. The van der Waals surface area contributed by atoms with Crippen molar-refractivity contribution >= 4 is 12.4 Å². The van der Waals surface area contributed by atoms with Crippen molar-refractivity contribution in [3.63, 3.8) is 0 Å². The van der Waals surface area contributed by atoms with Gasteiger partial charge in [0.15, 0.2) is 0 Å². The summed E-state index contributed by atoms with van der Waals surface area (Å²) in [6.07, 6.45) is 1.86. The number of halogens is 1. The zero-order valence-corrected chi connectivity index (χ0v) is 10.1. The third-order valence-electron chi connectivity index (χ3n) is 2.93. The van der Waals surface area contributed by atoms with Crippen LogP contribution in [0.2, 0.25) is 0 Å². The summed E-state index contributed by atoms with van der Waals surface area (Å²) in [5, 5.41) is 7.58. The van der Waals surface area contributed by atoms with Gasteiger partial charge in [-0.05, 0) is 13.0 Å². The average molecular weight is 231 g/mol. The summed E-state index contributed by atoms with van der Waals surface area (Å²) in [5.41, 5.74) is 1.29. The van der Waals surface area contributed by atoms with Crippen LogP contribution in [0.25, 0.3) is 0 Å². The van der Waals surface area contributed by atoms with E-state index in [1.54, 1.807) is 0 Å². The third-order valence-corrected chi connectivity index (χ3v) is 2.93. The minimum Gasteiger partial charge on any atom is -0.314 e. The van der Waals surface area contributed by atoms with Crippen LogP contribution >= 0.6 is 12.4 Å². The summed E-state index contributed by atoms with van der Waals surface area (Å²) < 4.78 is 1.95. The van der Waals surface area contributed by atoms with Gasteiger partial charge in [-0.15, -0.1) is 12.4 Å². The van der Waals surface area contributed by atoms with Gasteiger partial charge in [0.05, 0.1) is 5.69 Å². The molecule has 0 spiro atoms. The fraction of sp³-hybridized carbons (Fsp3) is 0.700. The van der Waals surface area contributed by atoms with E-state index in [0.29, 0.717) is 6.04 Å². The molecule has 0 aliphatic carbocycles. The minimum atomic E-state index is 0. The largest absolute Gasteiger partial charge is 0.314 e. The molecule has 1 aliphatic rings. The van der Waals surface area contributed by atoms with Crippen LogP contribution < -0.4 is 5.32 Å². The van der Waals surface area contributed by atoms with E-state index in [9.17, 15) is 0 Å². The lowest BCUT2D eigenvalue weighted by Crippen LogP contribution is -2.49. The first kappa shape index (κ1) is 12.5. The van der Waals surface area contributed by atoms with E-state index in [4.69, 9.17) is 0 Å².